The van der Waals surface area contributed by atoms with E-state index in [9.17, 15) is 0 Å². The first-order valence-electron chi connectivity index (χ1n) is 7.60. The maximum atomic E-state index is 6.06. The van der Waals surface area contributed by atoms with Crippen LogP contribution in [0.25, 0.3) is 0 Å². The molecule has 110 valence electrons. The van der Waals surface area contributed by atoms with E-state index in [2.05, 4.69) is 39.8 Å². The Labute approximate surface area is 131 Å². The highest BCUT2D eigenvalue weighted by atomic mass is 35.5. The Morgan fingerprint density at radius 3 is 2.55 bits per heavy atom. The van der Waals surface area contributed by atoms with E-state index in [-0.39, 0.29) is 0 Å². The highest BCUT2D eigenvalue weighted by molar-refractivity contribution is 7.99. The van der Waals surface area contributed by atoms with Gasteiger partial charge in [0.2, 0.25) is 0 Å². The van der Waals surface area contributed by atoms with Crippen LogP contribution in [0.4, 0.5) is 0 Å². The Morgan fingerprint density at radius 2 is 1.85 bits per heavy atom. The first-order valence-corrected chi connectivity index (χ1v) is 9.13. The van der Waals surface area contributed by atoms with Crippen LogP contribution in [0.3, 0.4) is 0 Å². The summed E-state index contributed by atoms with van der Waals surface area (Å²) in [5.41, 5.74) is 1.34. The molecule has 2 fully saturated rings. The lowest BCUT2D eigenvalue weighted by molar-refractivity contribution is 0.112. The molecule has 3 rings (SSSR count). The highest BCUT2D eigenvalue weighted by Gasteiger charge is 2.25. The van der Waals surface area contributed by atoms with E-state index in [1.165, 1.54) is 56.1 Å². The van der Waals surface area contributed by atoms with Gasteiger partial charge in [0.1, 0.15) is 0 Å². The summed E-state index contributed by atoms with van der Waals surface area (Å²) >= 11 is 8.16. The zero-order chi connectivity index (χ0) is 13.8. The maximum absolute atomic E-state index is 6.06. The molecule has 0 aliphatic carbocycles. The highest BCUT2D eigenvalue weighted by Crippen LogP contribution is 2.22. The van der Waals surface area contributed by atoms with Crippen LogP contribution in [0.2, 0.25) is 5.02 Å². The van der Waals surface area contributed by atoms with E-state index in [1.54, 1.807) is 0 Å². The van der Waals surface area contributed by atoms with Gasteiger partial charge in [-0.05, 0) is 43.6 Å². The second kappa shape index (κ2) is 7.17. The molecule has 2 aliphatic rings. The van der Waals surface area contributed by atoms with Crippen molar-refractivity contribution in [3.8, 4) is 0 Å². The van der Waals surface area contributed by atoms with Gasteiger partial charge in [-0.2, -0.15) is 11.8 Å². The molecule has 0 aromatic heterocycles. The Morgan fingerprint density at radius 1 is 1.10 bits per heavy atom. The SMILES string of the molecule is Clc1cccc(CN2CCC(N3CCSCC3)CC2)c1. The van der Waals surface area contributed by atoms with Crippen molar-refractivity contribution in [1.29, 1.82) is 0 Å². The predicted molar refractivity (Wildman–Crippen MR) is 88.6 cm³/mol. The fourth-order valence-electron chi connectivity index (χ4n) is 3.28. The topological polar surface area (TPSA) is 6.48 Å². The number of nitrogens with zero attached hydrogens (tertiary/aromatic N) is 2. The van der Waals surface area contributed by atoms with Crippen molar-refractivity contribution in [2.45, 2.75) is 25.4 Å². The first kappa shape index (κ1) is 14.7. The number of hydrogen-bond donors (Lipinski definition) is 0. The molecule has 2 heterocycles. The van der Waals surface area contributed by atoms with E-state index < -0.39 is 0 Å². The fourth-order valence-corrected chi connectivity index (χ4v) is 4.42. The van der Waals surface area contributed by atoms with Crippen LogP contribution in [0.15, 0.2) is 24.3 Å². The quantitative estimate of drug-likeness (QED) is 0.845. The van der Waals surface area contributed by atoms with Gasteiger partial charge in [-0.15, -0.1) is 0 Å². The molecular weight excluding hydrogens is 288 g/mol. The Bertz CT molecular complexity index is 426. The van der Waals surface area contributed by atoms with Crippen molar-refractivity contribution in [2.24, 2.45) is 0 Å². The third kappa shape index (κ3) is 3.91. The Balaban J connectivity index is 1.48. The van der Waals surface area contributed by atoms with Crippen molar-refractivity contribution in [3.05, 3.63) is 34.9 Å². The maximum Gasteiger partial charge on any atom is 0.0409 e. The van der Waals surface area contributed by atoms with Crippen LogP contribution < -0.4 is 0 Å². The minimum Gasteiger partial charge on any atom is -0.299 e. The van der Waals surface area contributed by atoms with Crippen molar-refractivity contribution < 1.29 is 0 Å². The average Bonchev–Trinajstić information content (AvgIpc) is 2.49. The molecule has 2 saturated heterocycles. The molecule has 0 amide bonds. The van der Waals surface area contributed by atoms with Gasteiger partial charge >= 0.3 is 0 Å². The van der Waals surface area contributed by atoms with Crippen LogP contribution in [0, 0.1) is 0 Å². The number of likely N-dealkylation sites (tertiary alicyclic amines) is 1. The summed E-state index contributed by atoms with van der Waals surface area (Å²) in [7, 11) is 0. The number of thioether (sulfide) groups is 1. The average molecular weight is 311 g/mol. The Kier molecular flexibility index (Phi) is 5.27. The van der Waals surface area contributed by atoms with Gasteiger partial charge in [0, 0.05) is 42.2 Å². The molecule has 0 spiro atoms. The lowest BCUT2D eigenvalue weighted by atomic mass is 10.0. The number of benzene rings is 1. The van der Waals surface area contributed by atoms with Crippen molar-refractivity contribution in [2.75, 3.05) is 37.7 Å². The largest absolute Gasteiger partial charge is 0.299 e. The summed E-state index contributed by atoms with van der Waals surface area (Å²) in [6.07, 6.45) is 2.65. The molecular formula is C16H23ClN2S. The summed E-state index contributed by atoms with van der Waals surface area (Å²) < 4.78 is 0. The van der Waals surface area contributed by atoms with Crippen LogP contribution in [-0.4, -0.2) is 53.5 Å². The zero-order valence-electron chi connectivity index (χ0n) is 11.9. The number of rotatable bonds is 3. The minimum absolute atomic E-state index is 0.825. The Hall–Kier alpha value is -0.220. The van der Waals surface area contributed by atoms with Crippen LogP contribution in [0.1, 0.15) is 18.4 Å². The van der Waals surface area contributed by atoms with Gasteiger partial charge in [-0.1, -0.05) is 23.7 Å². The van der Waals surface area contributed by atoms with Gasteiger partial charge in [-0.3, -0.25) is 9.80 Å². The molecule has 2 aliphatic heterocycles. The minimum atomic E-state index is 0.825. The van der Waals surface area contributed by atoms with Crippen molar-refractivity contribution >= 4 is 23.4 Å². The van der Waals surface area contributed by atoms with Crippen LogP contribution in [0.5, 0.6) is 0 Å². The summed E-state index contributed by atoms with van der Waals surface area (Å²) in [5.74, 6) is 2.64. The first-order chi connectivity index (χ1) is 9.81. The van der Waals surface area contributed by atoms with Crippen LogP contribution >= 0.6 is 23.4 Å². The molecule has 2 nitrogen and oxygen atoms in total. The lowest BCUT2D eigenvalue weighted by Gasteiger charge is -2.40. The molecule has 0 bridgehead atoms. The summed E-state index contributed by atoms with van der Waals surface area (Å²) in [6.45, 7) is 6.08. The summed E-state index contributed by atoms with van der Waals surface area (Å²) in [6, 6.07) is 9.10. The predicted octanol–water partition coefficient (Wildman–Crippen LogP) is 3.35. The number of hydrogen-bond acceptors (Lipinski definition) is 3. The standard InChI is InChI=1S/C16H23ClN2S/c17-15-3-1-2-14(12-15)13-18-6-4-16(5-7-18)19-8-10-20-11-9-19/h1-3,12,16H,4-11,13H2. The van der Waals surface area contributed by atoms with Gasteiger partial charge < -0.3 is 0 Å². The molecule has 1 aromatic rings. The van der Waals surface area contributed by atoms with Crippen molar-refractivity contribution in [3.63, 3.8) is 0 Å². The molecule has 0 saturated carbocycles. The molecule has 0 unspecified atom stereocenters. The molecule has 0 radical (unpaired) electrons. The number of piperidine rings is 1. The van der Waals surface area contributed by atoms with Crippen molar-refractivity contribution in [1.82, 2.24) is 9.80 Å². The van der Waals surface area contributed by atoms with Gasteiger partial charge in [0.15, 0.2) is 0 Å². The molecule has 0 atom stereocenters. The second-order valence-corrected chi connectivity index (χ2v) is 7.45. The summed E-state index contributed by atoms with van der Waals surface area (Å²) in [5, 5.41) is 0.850. The zero-order valence-corrected chi connectivity index (χ0v) is 13.5. The lowest BCUT2D eigenvalue weighted by Crippen LogP contribution is -2.47. The van der Waals surface area contributed by atoms with Gasteiger partial charge in [0.05, 0.1) is 0 Å². The van der Waals surface area contributed by atoms with E-state index in [1.807, 2.05) is 6.07 Å². The molecule has 20 heavy (non-hydrogen) atoms. The molecule has 0 N–H and O–H groups in total. The third-order valence-electron chi connectivity index (χ3n) is 4.41. The fraction of sp³-hybridized carbons (Fsp3) is 0.625. The van der Waals surface area contributed by atoms with E-state index in [4.69, 9.17) is 11.6 Å². The van der Waals surface area contributed by atoms with Gasteiger partial charge in [0.25, 0.3) is 0 Å². The smallest absolute Gasteiger partial charge is 0.0409 e. The molecule has 4 heteroatoms. The second-order valence-electron chi connectivity index (χ2n) is 5.79. The van der Waals surface area contributed by atoms with Gasteiger partial charge in [-0.25, -0.2) is 0 Å². The third-order valence-corrected chi connectivity index (χ3v) is 5.59. The van der Waals surface area contributed by atoms with E-state index in [0.29, 0.717) is 0 Å². The van der Waals surface area contributed by atoms with Crippen LogP contribution in [-0.2, 0) is 6.54 Å². The summed E-state index contributed by atoms with van der Waals surface area (Å²) in [4.78, 5) is 5.29. The van der Waals surface area contributed by atoms with E-state index in [0.717, 1.165) is 17.6 Å². The number of halogens is 1. The molecule has 1 aromatic carbocycles. The van der Waals surface area contributed by atoms with E-state index >= 15 is 0 Å². The normalized spacial score (nSPS) is 23.1. The monoisotopic (exact) mass is 310 g/mol.